The van der Waals surface area contributed by atoms with Crippen LogP contribution in [-0.2, 0) is 0 Å². The lowest BCUT2D eigenvalue weighted by Gasteiger charge is -2.17. The quantitative estimate of drug-likeness (QED) is 0.416. The van der Waals surface area contributed by atoms with Crippen molar-refractivity contribution in [3.05, 3.63) is 22.0 Å². The van der Waals surface area contributed by atoms with E-state index in [1.807, 2.05) is 21.6 Å². The van der Waals surface area contributed by atoms with Crippen LogP contribution in [0.1, 0.15) is 67.2 Å². The zero-order valence-corrected chi connectivity index (χ0v) is 14.6. The first kappa shape index (κ1) is 18.2. The van der Waals surface area contributed by atoms with Gasteiger partial charge in [-0.05, 0) is 47.3 Å². The molecular weight excluding hydrogens is 256 g/mol. The molecule has 0 aliphatic heterocycles. The van der Waals surface area contributed by atoms with Gasteiger partial charge in [0.25, 0.3) is 0 Å². The van der Waals surface area contributed by atoms with Crippen LogP contribution in [0.3, 0.4) is 0 Å². The molecule has 0 bridgehead atoms. The Bertz CT molecular complexity index is 238. The van der Waals surface area contributed by atoms with Crippen LogP contribution < -0.4 is 0 Å². The summed E-state index contributed by atoms with van der Waals surface area (Å²) in [4.78, 5) is 3.10. The Morgan fingerprint density at radius 1 is 0.778 bits per heavy atom. The van der Waals surface area contributed by atoms with Gasteiger partial charge in [-0.2, -0.15) is 0 Å². The lowest BCUT2D eigenvalue weighted by Crippen LogP contribution is -1.96. The van der Waals surface area contributed by atoms with Crippen molar-refractivity contribution in [2.24, 2.45) is 11.8 Å². The van der Waals surface area contributed by atoms with Crippen LogP contribution in [0.4, 0.5) is 0 Å². The minimum atomic E-state index is 0.697. The highest BCUT2D eigenvalue weighted by Gasteiger charge is 2.12. The van der Waals surface area contributed by atoms with Gasteiger partial charge >= 0.3 is 0 Å². The number of rotatable bonds is 9. The van der Waals surface area contributed by atoms with Crippen LogP contribution >= 0.6 is 21.6 Å². The van der Waals surface area contributed by atoms with Gasteiger partial charge in [0.1, 0.15) is 0 Å². The highest BCUT2D eigenvalue weighted by molar-refractivity contribution is 8.79. The van der Waals surface area contributed by atoms with E-state index in [4.69, 9.17) is 0 Å². The summed E-state index contributed by atoms with van der Waals surface area (Å²) in [5, 5.41) is 0. The molecule has 18 heavy (non-hydrogen) atoms. The number of hydrogen-bond donors (Lipinski definition) is 0. The van der Waals surface area contributed by atoms with Gasteiger partial charge in [0, 0.05) is 0 Å². The monoisotopic (exact) mass is 286 g/mol. The van der Waals surface area contributed by atoms with Crippen molar-refractivity contribution >= 4 is 21.6 Å². The van der Waals surface area contributed by atoms with Crippen molar-refractivity contribution in [3.8, 4) is 0 Å². The Morgan fingerprint density at radius 2 is 1.11 bits per heavy atom. The Labute approximate surface area is 122 Å². The van der Waals surface area contributed by atoms with E-state index in [2.05, 4.69) is 53.7 Å². The first-order valence-corrected chi connectivity index (χ1v) is 9.50. The maximum atomic E-state index is 2.39. The fourth-order valence-corrected chi connectivity index (χ4v) is 4.83. The van der Waals surface area contributed by atoms with Gasteiger partial charge in [-0.1, -0.05) is 75.3 Å². The van der Waals surface area contributed by atoms with Crippen LogP contribution in [-0.4, -0.2) is 0 Å². The molecule has 106 valence electrons. The molecule has 0 aromatic heterocycles. The maximum Gasteiger partial charge on any atom is -0.00504 e. The van der Waals surface area contributed by atoms with Crippen molar-refractivity contribution < 1.29 is 0 Å². The molecule has 0 saturated heterocycles. The standard InChI is InChI=1S/C16H30S2/c1-7-11-15(13(5)9-3)17-18-16(12-8-2)14(6)10-4/h11-14H,7-10H2,1-6H3/b15-11-,16-12?. The summed E-state index contributed by atoms with van der Waals surface area (Å²) >= 11 is 0. The second-order valence-corrected chi connectivity index (χ2v) is 7.09. The second kappa shape index (κ2) is 11.0. The minimum Gasteiger partial charge on any atom is -0.0741 e. The van der Waals surface area contributed by atoms with Crippen LogP contribution in [0.2, 0.25) is 0 Å². The molecule has 0 aromatic carbocycles. The first-order valence-electron chi connectivity index (χ1n) is 7.35. The van der Waals surface area contributed by atoms with E-state index in [1.54, 1.807) is 9.81 Å². The van der Waals surface area contributed by atoms with Crippen molar-refractivity contribution in [2.45, 2.75) is 67.2 Å². The van der Waals surface area contributed by atoms with Crippen molar-refractivity contribution in [2.75, 3.05) is 0 Å². The van der Waals surface area contributed by atoms with Crippen LogP contribution in [0.15, 0.2) is 22.0 Å². The average molecular weight is 287 g/mol. The van der Waals surface area contributed by atoms with Gasteiger partial charge in [0.05, 0.1) is 0 Å². The first-order chi connectivity index (χ1) is 8.60. The Hall–Kier alpha value is 0.180. The highest BCUT2D eigenvalue weighted by Crippen LogP contribution is 2.43. The smallest absolute Gasteiger partial charge is 0.00504 e. The molecule has 0 rings (SSSR count). The zero-order valence-electron chi connectivity index (χ0n) is 13.0. The van der Waals surface area contributed by atoms with Gasteiger partial charge in [-0.25, -0.2) is 0 Å². The largest absolute Gasteiger partial charge is 0.0741 e. The Morgan fingerprint density at radius 3 is 1.33 bits per heavy atom. The molecule has 0 aromatic rings. The Balaban J connectivity index is 4.57. The van der Waals surface area contributed by atoms with Crippen LogP contribution in [0.5, 0.6) is 0 Å². The van der Waals surface area contributed by atoms with Crippen molar-refractivity contribution in [1.82, 2.24) is 0 Å². The van der Waals surface area contributed by atoms with E-state index in [-0.39, 0.29) is 0 Å². The highest BCUT2D eigenvalue weighted by atomic mass is 33.1. The third kappa shape index (κ3) is 6.94. The van der Waals surface area contributed by atoms with E-state index in [0.29, 0.717) is 11.8 Å². The zero-order chi connectivity index (χ0) is 14.0. The summed E-state index contributed by atoms with van der Waals surface area (Å²) in [6, 6.07) is 0. The molecule has 0 heterocycles. The van der Waals surface area contributed by atoms with Gasteiger partial charge < -0.3 is 0 Å². The SMILES string of the molecule is CCC=C(SS/C(=C\CC)C(C)CC)C(C)CC. The fourth-order valence-electron chi connectivity index (χ4n) is 1.54. The summed E-state index contributed by atoms with van der Waals surface area (Å²) in [6.45, 7) is 13.7. The fraction of sp³-hybridized carbons (Fsp3) is 0.750. The number of allylic oxidation sites excluding steroid dienone is 4. The molecule has 0 amide bonds. The molecule has 0 fully saturated rings. The van der Waals surface area contributed by atoms with E-state index in [0.717, 1.165) is 12.8 Å². The summed E-state index contributed by atoms with van der Waals surface area (Å²) in [7, 11) is 3.96. The normalized spacial score (nSPS) is 16.8. The molecule has 0 nitrogen and oxygen atoms in total. The lowest BCUT2D eigenvalue weighted by atomic mass is 10.1. The van der Waals surface area contributed by atoms with E-state index < -0.39 is 0 Å². The van der Waals surface area contributed by atoms with Gasteiger partial charge in [0.2, 0.25) is 0 Å². The minimum absolute atomic E-state index is 0.697. The maximum absolute atomic E-state index is 2.39. The van der Waals surface area contributed by atoms with E-state index in [9.17, 15) is 0 Å². The molecule has 0 aliphatic carbocycles. The van der Waals surface area contributed by atoms with Gasteiger partial charge in [0.15, 0.2) is 0 Å². The molecule has 2 atom stereocenters. The molecule has 2 heteroatoms. The molecule has 0 radical (unpaired) electrons. The topological polar surface area (TPSA) is 0 Å². The van der Waals surface area contributed by atoms with Gasteiger partial charge in [-0.15, -0.1) is 0 Å². The molecular formula is C16H30S2. The van der Waals surface area contributed by atoms with E-state index >= 15 is 0 Å². The molecule has 2 unspecified atom stereocenters. The lowest BCUT2D eigenvalue weighted by molar-refractivity contribution is 0.684. The third-order valence-electron chi connectivity index (χ3n) is 3.24. The van der Waals surface area contributed by atoms with Crippen LogP contribution in [0, 0.1) is 11.8 Å². The van der Waals surface area contributed by atoms with Crippen molar-refractivity contribution in [3.63, 3.8) is 0 Å². The molecule has 0 aliphatic rings. The predicted molar refractivity (Wildman–Crippen MR) is 90.8 cm³/mol. The molecule has 0 saturated carbocycles. The summed E-state index contributed by atoms with van der Waals surface area (Å²) < 4.78 is 0. The van der Waals surface area contributed by atoms with Crippen molar-refractivity contribution in [1.29, 1.82) is 0 Å². The Kier molecular flexibility index (Phi) is 11.2. The molecule has 0 spiro atoms. The second-order valence-electron chi connectivity index (χ2n) is 4.81. The predicted octanol–water partition coefficient (Wildman–Crippen LogP) is 7.05. The number of hydrogen-bond acceptors (Lipinski definition) is 2. The summed E-state index contributed by atoms with van der Waals surface area (Å²) in [6.07, 6.45) is 9.54. The van der Waals surface area contributed by atoms with Gasteiger partial charge in [-0.3, -0.25) is 0 Å². The summed E-state index contributed by atoms with van der Waals surface area (Å²) in [5.74, 6) is 1.39. The summed E-state index contributed by atoms with van der Waals surface area (Å²) in [5.41, 5.74) is 0. The van der Waals surface area contributed by atoms with E-state index in [1.165, 1.54) is 12.8 Å². The average Bonchev–Trinajstić information content (AvgIpc) is 2.40. The third-order valence-corrected chi connectivity index (χ3v) is 6.25. The van der Waals surface area contributed by atoms with Crippen LogP contribution in [0.25, 0.3) is 0 Å². The molecule has 0 N–H and O–H groups in total.